The van der Waals surface area contributed by atoms with Gasteiger partial charge in [-0.05, 0) is 24.8 Å². The molecule has 0 unspecified atom stereocenters. The Bertz CT molecular complexity index is 487. The molecule has 1 aromatic heterocycles. The highest BCUT2D eigenvalue weighted by Gasteiger charge is 2.04. The molecule has 0 aliphatic carbocycles. The summed E-state index contributed by atoms with van der Waals surface area (Å²) in [5, 5.41) is 9.17. The van der Waals surface area contributed by atoms with Crippen molar-refractivity contribution in [2.75, 3.05) is 19.5 Å². The quantitative estimate of drug-likeness (QED) is 0.526. The van der Waals surface area contributed by atoms with Crippen molar-refractivity contribution in [3.05, 3.63) is 42.2 Å². The third-order valence-corrected chi connectivity index (χ3v) is 4.08. The standard InChI is InChI=1S/C15H21N3OS/c1-19-11-6-10-18-13-16-17-15(18)20-12-5-9-14-7-3-2-4-8-14/h2-4,7-8,13H,5-6,9-12H2,1H3. The fourth-order valence-corrected chi connectivity index (χ4v) is 2.85. The number of thioether (sulfide) groups is 1. The van der Waals surface area contributed by atoms with E-state index in [2.05, 4.69) is 45.1 Å². The Kier molecular flexibility index (Phi) is 6.60. The summed E-state index contributed by atoms with van der Waals surface area (Å²) in [5.41, 5.74) is 1.40. The first kappa shape index (κ1) is 15.1. The molecule has 0 N–H and O–H groups in total. The van der Waals surface area contributed by atoms with Gasteiger partial charge in [-0.25, -0.2) is 0 Å². The summed E-state index contributed by atoms with van der Waals surface area (Å²) in [6, 6.07) is 10.6. The van der Waals surface area contributed by atoms with Crippen molar-refractivity contribution in [3.8, 4) is 0 Å². The lowest BCUT2D eigenvalue weighted by molar-refractivity contribution is 0.189. The average molecular weight is 291 g/mol. The average Bonchev–Trinajstić information content (AvgIpc) is 2.93. The maximum absolute atomic E-state index is 5.07. The molecule has 0 atom stereocenters. The van der Waals surface area contributed by atoms with Crippen LogP contribution in [0.2, 0.25) is 0 Å². The molecule has 0 amide bonds. The minimum atomic E-state index is 0.774. The Morgan fingerprint density at radius 2 is 2.05 bits per heavy atom. The van der Waals surface area contributed by atoms with Gasteiger partial charge in [0.2, 0.25) is 0 Å². The van der Waals surface area contributed by atoms with E-state index < -0.39 is 0 Å². The molecular weight excluding hydrogens is 270 g/mol. The molecule has 1 heterocycles. The molecule has 2 rings (SSSR count). The monoisotopic (exact) mass is 291 g/mol. The van der Waals surface area contributed by atoms with Crippen molar-refractivity contribution in [3.63, 3.8) is 0 Å². The number of aromatic nitrogens is 3. The molecule has 0 saturated carbocycles. The molecule has 0 aliphatic rings. The molecule has 2 aromatic rings. The summed E-state index contributed by atoms with van der Waals surface area (Å²) < 4.78 is 7.17. The summed E-state index contributed by atoms with van der Waals surface area (Å²) in [4.78, 5) is 0. The van der Waals surface area contributed by atoms with Crippen LogP contribution in [0, 0.1) is 0 Å². The molecule has 0 saturated heterocycles. The minimum Gasteiger partial charge on any atom is -0.385 e. The van der Waals surface area contributed by atoms with Gasteiger partial charge in [0, 0.05) is 26.0 Å². The van der Waals surface area contributed by atoms with E-state index in [1.165, 1.54) is 5.56 Å². The summed E-state index contributed by atoms with van der Waals surface area (Å²) in [7, 11) is 1.73. The highest BCUT2D eigenvalue weighted by Crippen LogP contribution is 2.17. The van der Waals surface area contributed by atoms with Gasteiger partial charge in [0.15, 0.2) is 5.16 Å². The van der Waals surface area contributed by atoms with E-state index in [-0.39, 0.29) is 0 Å². The zero-order valence-corrected chi connectivity index (χ0v) is 12.7. The Hall–Kier alpha value is -1.33. The van der Waals surface area contributed by atoms with Crippen LogP contribution in [-0.4, -0.2) is 34.2 Å². The first-order valence-electron chi connectivity index (χ1n) is 6.93. The van der Waals surface area contributed by atoms with Crippen LogP contribution in [0.25, 0.3) is 0 Å². The van der Waals surface area contributed by atoms with E-state index in [1.807, 2.05) is 0 Å². The second-order valence-electron chi connectivity index (χ2n) is 4.59. The summed E-state index contributed by atoms with van der Waals surface area (Å²) in [5.74, 6) is 1.07. The number of nitrogens with zero attached hydrogens (tertiary/aromatic N) is 3. The number of aryl methyl sites for hydroxylation is 2. The van der Waals surface area contributed by atoms with Crippen LogP contribution < -0.4 is 0 Å². The lowest BCUT2D eigenvalue weighted by atomic mass is 10.1. The highest BCUT2D eigenvalue weighted by atomic mass is 32.2. The zero-order valence-electron chi connectivity index (χ0n) is 11.9. The van der Waals surface area contributed by atoms with Crippen LogP contribution in [0.3, 0.4) is 0 Å². The third kappa shape index (κ3) is 4.98. The van der Waals surface area contributed by atoms with Crippen LogP contribution in [0.5, 0.6) is 0 Å². The molecule has 1 aromatic carbocycles. The fraction of sp³-hybridized carbons (Fsp3) is 0.467. The number of ether oxygens (including phenoxy) is 1. The Labute approximate surface area is 124 Å². The molecule has 5 heteroatoms. The van der Waals surface area contributed by atoms with E-state index >= 15 is 0 Å². The Morgan fingerprint density at radius 3 is 2.85 bits per heavy atom. The molecule has 0 aliphatic heterocycles. The third-order valence-electron chi connectivity index (χ3n) is 3.01. The van der Waals surface area contributed by atoms with Gasteiger partial charge in [-0.1, -0.05) is 42.1 Å². The van der Waals surface area contributed by atoms with Crippen LogP contribution in [-0.2, 0) is 17.7 Å². The summed E-state index contributed by atoms with van der Waals surface area (Å²) in [6.07, 6.45) is 5.06. The Balaban J connectivity index is 1.70. The summed E-state index contributed by atoms with van der Waals surface area (Å²) in [6.45, 7) is 1.69. The van der Waals surface area contributed by atoms with Crippen LogP contribution in [0.4, 0.5) is 0 Å². The topological polar surface area (TPSA) is 39.9 Å². The summed E-state index contributed by atoms with van der Waals surface area (Å²) >= 11 is 1.78. The SMILES string of the molecule is COCCCn1cnnc1SCCCc1ccccc1. The van der Waals surface area contributed by atoms with Crippen LogP contribution in [0.1, 0.15) is 18.4 Å². The van der Waals surface area contributed by atoms with Gasteiger partial charge in [-0.3, -0.25) is 0 Å². The maximum Gasteiger partial charge on any atom is 0.190 e. The first-order valence-corrected chi connectivity index (χ1v) is 7.92. The van der Waals surface area contributed by atoms with Gasteiger partial charge in [0.25, 0.3) is 0 Å². The van der Waals surface area contributed by atoms with Crippen molar-refractivity contribution in [2.24, 2.45) is 0 Å². The van der Waals surface area contributed by atoms with Crippen LogP contribution >= 0.6 is 11.8 Å². The zero-order chi connectivity index (χ0) is 14.0. The largest absolute Gasteiger partial charge is 0.385 e. The van der Waals surface area contributed by atoms with Crippen LogP contribution in [0.15, 0.2) is 41.8 Å². The normalized spacial score (nSPS) is 10.8. The van der Waals surface area contributed by atoms with E-state index in [4.69, 9.17) is 4.74 Å². The molecule has 0 bridgehead atoms. The predicted octanol–water partition coefficient (Wildman–Crippen LogP) is 3.04. The van der Waals surface area contributed by atoms with E-state index in [1.54, 1.807) is 25.2 Å². The second kappa shape index (κ2) is 8.76. The van der Waals surface area contributed by atoms with Gasteiger partial charge >= 0.3 is 0 Å². The molecule has 20 heavy (non-hydrogen) atoms. The number of rotatable bonds is 9. The molecule has 0 spiro atoms. The number of benzene rings is 1. The first-order chi connectivity index (χ1) is 9.90. The minimum absolute atomic E-state index is 0.774. The molecule has 4 nitrogen and oxygen atoms in total. The highest BCUT2D eigenvalue weighted by molar-refractivity contribution is 7.99. The second-order valence-corrected chi connectivity index (χ2v) is 5.65. The van der Waals surface area contributed by atoms with Gasteiger partial charge in [-0.15, -0.1) is 10.2 Å². The van der Waals surface area contributed by atoms with Gasteiger partial charge < -0.3 is 9.30 Å². The van der Waals surface area contributed by atoms with Crippen molar-refractivity contribution in [1.82, 2.24) is 14.8 Å². The maximum atomic E-state index is 5.07. The Morgan fingerprint density at radius 1 is 1.20 bits per heavy atom. The van der Waals surface area contributed by atoms with E-state index in [9.17, 15) is 0 Å². The van der Waals surface area contributed by atoms with Crippen molar-refractivity contribution in [1.29, 1.82) is 0 Å². The van der Waals surface area contributed by atoms with E-state index in [0.717, 1.165) is 43.3 Å². The van der Waals surface area contributed by atoms with Gasteiger partial charge in [0.05, 0.1) is 0 Å². The van der Waals surface area contributed by atoms with Crippen molar-refractivity contribution >= 4 is 11.8 Å². The van der Waals surface area contributed by atoms with Gasteiger partial charge in [0.1, 0.15) is 6.33 Å². The molecular formula is C15H21N3OS. The predicted molar refractivity (Wildman–Crippen MR) is 82.0 cm³/mol. The molecule has 108 valence electrons. The fourth-order valence-electron chi connectivity index (χ4n) is 1.97. The molecule has 0 radical (unpaired) electrons. The van der Waals surface area contributed by atoms with Crippen molar-refractivity contribution < 1.29 is 4.74 Å². The van der Waals surface area contributed by atoms with E-state index in [0.29, 0.717) is 0 Å². The number of hydrogen-bond acceptors (Lipinski definition) is 4. The number of methoxy groups -OCH3 is 1. The molecule has 0 fully saturated rings. The lowest BCUT2D eigenvalue weighted by Crippen LogP contribution is -2.02. The van der Waals surface area contributed by atoms with Gasteiger partial charge in [-0.2, -0.15) is 0 Å². The smallest absolute Gasteiger partial charge is 0.190 e. The number of hydrogen-bond donors (Lipinski definition) is 0. The van der Waals surface area contributed by atoms with Crippen molar-refractivity contribution in [2.45, 2.75) is 31.0 Å². The lowest BCUT2D eigenvalue weighted by Gasteiger charge is -2.05.